The maximum atomic E-state index is 13.7. The largest absolute Gasteiger partial charge is 0.375 e. The Balaban J connectivity index is 0.000000385. The molecule has 1 aromatic carbocycles. The van der Waals surface area contributed by atoms with Crippen LogP contribution in [0, 0.1) is 12.8 Å². The van der Waals surface area contributed by atoms with Gasteiger partial charge in [0, 0.05) is 29.3 Å². The van der Waals surface area contributed by atoms with Gasteiger partial charge in [-0.2, -0.15) is 0 Å². The Morgan fingerprint density at radius 2 is 1.93 bits per heavy atom. The molecule has 7 nitrogen and oxygen atoms in total. The number of amides is 2. The van der Waals surface area contributed by atoms with Gasteiger partial charge < -0.3 is 26.6 Å². The lowest BCUT2D eigenvalue weighted by Gasteiger charge is -2.42. The number of allylic oxidation sites excluding steroid dienone is 5. The third-order valence-electron chi connectivity index (χ3n) is 8.72. The van der Waals surface area contributed by atoms with E-state index in [4.69, 9.17) is 5.73 Å². The standard InChI is InChI=1S/C27H41N5O2S.C9H8S/c1-19-8-5-6-9-20(2)35-17-23(19)16-24(26(34)32(4)18-30-21(3)33)31-25(22-10-7-11-22)27(28)12-14-29-15-13-27;1-7-6-10-9-5-3-2-4-8(7)9/h5-6,8-9,17,19,24,29,31H,2,7,10-16,18,28H2,1,3-4H3,(H,30,33);2-6H,1H3/b8-5-,9-6-,23-17-;. The highest BCUT2D eigenvalue weighted by molar-refractivity contribution is 8.06. The average Bonchev–Trinajstić information content (AvgIpc) is 3.41. The SMILES string of the molecule is C=C1/C=C\C=C/C(C)/C(CC(NC(=C2CCC2)C2(N)CCNCC2)C(=O)N(C)CNC(C)=O)=C\S1.Cc1csc2ccccc12. The normalized spacial score (nSPS) is 22.5. The molecule has 1 aromatic heterocycles. The number of benzene rings is 1. The molecule has 5 N–H and O–H groups in total. The lowest BCUT2D eigenvalue weighted by molar-refractivity contribution is -0.133. The summed E-state index contributed by atoms with van der Waals surface area (Å²) in [5.41, 5.74) is 11.5. The molecule has 0 spiro atoms. The van der Waals surface area contributed by atoms with Crippen molar-refractivity contribution >= 4 is 45.0 Å². The average molecular weight is 648 g/mol. The summed E-state index contributed by atoms with van der Waals surface area (Å²) >= 11 is 3.40. The second-order valence-electron chi connectivity index (χ2n) is 12.3. The number of carbonyl (C=O) groups is 2. The second-order valence-corrected chi connectivity index (χ2v) is 14.2. The third kappa shape index (κ3) is 9.69. The Hall–Kier alpha value is -3.11. The van der Waals surface area contributed by atoms with E-state index in [0.717, 1.165) is 61.4 Å². The Morgan fingerprint density at radius 3 is 2.60 bits per heavy atom. The van der Waals surface area contributed by atoms with Crippen molar-refractivity contribution < 1.29 is 9.59 Å². The summed E-state index contributed by atoms with van der Waals surface area (Å²) in [6.45, 7) is 11.8. The predicted molar refractivity (Wildman–Crippen MR) is 192 cm³/mol. The van der Waals surface area contributed by atoms with Gasteiger partial charge in [0.1, 0.15) is 6.04 Å². The van der Waals surface area contributed by atoms with Crippen molar-refractivity contribution in [3.05, 3.63) is 93.2 Å². The summed E-state index contributed by atoms with van der Waals surface area (Å²) in [5.74, 6) is -0.0591. The first-order valence-electron chi connectivity index (χ1n) is 15.9. The minimum atomic E-state index is -0.489. The van der Waals surface area contributed by atoms with Crippen molar-refractivity contribution in [3.8, 4) is 0 Å². The summed E-state index contributed by atoms with van der Waals surface area (Å²) in [4.78, 5) is 27.7. The molecule has 2 aliphatic heterocycles. The summed E-state index contributed by atoms with van der Waals surface area (Å²) < 4.78 is 1.39. The molecule has 1 saturated carbocycles. The molecule has 1 aliphatic carbocycles. The highest BCUT2D eigenvalue weighted by Crippen LogP contribution is 2.36. The summed E-state index contributed by atoms with van der Waals surface area (Å²) in [6.07, 6.45) is 13.6. The van der Waals surface area contributed by atoms with Crippen LogP contribution in [0.15, 0.2) is 87.7 Å². The number of carbonyl (C=O) groups excluding carboxylic acids is 2. The van der Waals surface area contributed by atoms with Gasteiger partial charge in [0.2, 0.25) is 11.8 Å². The molecular formula is C36H49N5O2S2. The molecule has 2 unspecified atom stereocenters. The number of hydrogen-bond acceptors (Lipinski definition) is 7. The minimum absolute atomic E-state index is 0.0624. The number of thioether (sulfide) groups is 1. The monoisotopic (exact) mass is 647 g/mol. The zero-order chi connectivity index (χ0) is 32.4. The van der Waals surface area contributed by atoms with Crippen molar-refractivity contribution in [1.29, 1.82) is 0 Å². The van der Waals surface area contributed by atoms with E-state index in [1.54, 1.807) is 23.7 Å². The van der Waals surface area contributed by atoms with Crippen LogP contribution in [0.2, 0.25) is 0 Å². The number of piperidine rings is 1. The fourth-order valence-electron chi connectivity index (χ4n) is 5.67. The first kappa shape index (κ1) is 34.8. The van der Waals surface area contributed by atoms with E-state index in [2.05, 4.69) is 77.5 Å². The summed E-state index contributed by atoms with van der Waals surface area (Å²) in [6, 6.07) is 8.01. The van der Waals surface area contributed by atoms with Crippen molar-refractivity contribution in [2.75, 3.05) is 26.8 Å². The Bertz CT molecular complexity index is 1480. The molecule has 3 aliphatic rings. The molecule has 0 radical (unpaired) electrons. The molecule has 2 aromatic rings. The molecule has 45 heavy (non-hydrogen) atoms. The Labute approximate surface area is 277 Å². The molecule has 0 bridgehead atoms. The van der Waals surface area contributed by atoms with Crippen LogP contribution in [0.1, 0.15) is 57.9 Å². The van der Waals surface area contributed by atoms with Crippen molar-refractivity contribution in [1.82, 2.24) is 20.9 Å². The van der Waals surface area contributed by atoms with Crippen molar-refractivity contribution in [3.63, 3.8) is 0 Å². The maximum Gasteiger partial charge on any atom is 0.246 e. The van der Waals surface area contributed by atoms with E-state index < -0.39 is 11.6 Å². The van der Waals surface area contributed by atoms with Crippen LogP contribution < -0.4 is 21.7 Å². The van der Waals surface area contributed by atoms with Gasteiger partial charge in [-0.15, -0.1) is 11.3 Å². The fraction of sp³-hybridized carbons (Fsp3) is 0.444. The van der Waals surface area contributed by atoms with Crippen LogP contribution in [-0.4, -0.2) is 55.1 Å². The van der Waals surface area contributed by atoms with E-state index in [1.807, 2.05) is 29.6 Å². The smallest absolute Gasteiger partial charge is 0.246 e. The molecule has 2 amide bonds. The van der Waals surface area contributed by atoms with E-state index >= 15 is 0 Å². The zero-order valence-corrected chi connectivity index (χ0v) is 28.8. The molecular weight excluding hydrogens is 599 g/mol. The van der Waals surface area contributed by atoms with Crippen LogP contribution in [0.4, 0.5) is 0 Å². The number of fused-ring (bicyclic) bond motifs is 1. The van der Waals surface area contributed by atoms with Gasteiger partial charge in [-0.3, -0.25) is 9.59 Å². The van der Waals surface area contributed by atoms with E-state index in [9.17, 15) is 9.59 Å². The molecule has 3 heterocycles. The Morgan fingerprint density at radius 1 is 1.20 bits per heavy atom. The number of rotatable bonds is 8. The first-order valence-corrected chi connectivity index (χ1v) is 17.6. The number of nitrogens with two attached hydrogens (primary N) is 1. The maximum absolute atomic E-state index is 13.7. The number of nitrogens with zero attached hydrogens (tertiary/aromatic N) is 1. The van der Waals surface area contributed by atoms with Gasteiger partial charge in [-0.1, -0.05) is 67.3 Å². The highest BCUT2D eigenvalue weighted by atomic mass is 32.2. The van der Waals surface area contributed by atoms with Crippen LogP contribution in [0.5, 0.6) is 0 Å². The molecule has 5 rings (SSSR count). The van der Waals surface area contributed by atoms with Crippen molar-refractivity contribution in [2.24, 2.45) is 11.7 Å². The molecule has 242 valence electrons. The molecule has 1 saturated heterocycles. The Kier molecular flexibility index (Phi) is 12.7. The van der Waals surface area contributed by atoms with Gasteiger partial charge in [0.15, 0.2) is 0 Å². The van der Waals surface area contributed by atoms with Gasteiger partial charge in [0.25, 0.3) is 0 Å². The lowest BCUT2D eigenvalue weighted by atomic mass is 9.78. The zero-order valence-electron chi connectivity index (χ0n) is 27.2. The van der Waals surface area contributed by atoms with E-state index in [0.29, 0.717) is 6.42 Å². The van der Waals surface area contributed by atoms with E-state index in [1.165, 1.54) is 28.1 Å². The predicted octanol–water partition coefficient (Wildman–Crippen LogP) is 6.51. The van der Waals surface area contributed by atoms with Crippen molar-refractivity contribution in [2.45, 2.75) is 70.9 Å². The molecule has 2 fully saturated rings. The van der Waals surface area contributed by atoms with Gasteiger partial charge in [-0.05, 0) is 104 Å². The minimum Gasteiger partial charge on any atom is -0.375 e. The summed E-state index contributed by atoms with van der Waals surface area (Å²) in [7, 11) is 1.73. The molecule has 9 heteroatoms. The number of likely N-dealkylation sites (N-methyl/N-ethyl adjacent to an activating group) is 1. The van der Waals surface area contributed by atoms with Gasteiger partial charge in [-0.25, -0.2) is 0 Å². The summed E-state index contributed by atoms with van der Waals surface area (Å²) in [5, 5.41) is 15.5. The number of thiophene rings is 1. The van der Waals surface area contributed by atoms with Crippen LogP contribution in [-0.2, 0) is 9.59 Å². The lowest BCUT2D eigenvalue weighted by Crippen LogP contribution is -2.57. The molecule has 2 atom stereocenters. The van der Waals surface area contributed by atoms with Gasteiger partial charge >= 0.3 is 0 Å². The fourth-order valence-corrected chi connectivity index (χ4v) is 7.38. The number of aryl methyl sites for hydroxylation is 1. The number of hydrogen-bond donors (Lipinski definition) is 4. The second kappa shape index (κ2) is 16.5. The van der Waals surface area contributed by atoms with Crippen LogP contribution >= 0.6 is 23.1 Å². The van der Waals surface area contributed by atoms with E-state index in [-0.39, 0.29) is 24.4 Å². The quantitative estimate of drug-likeness (QED) is 0.244. The van der Waals surface area contributed by atoms with Crippen LogP contribution in [0.3, 0.4) is 0 Å². The highest BCUT2D eigenvalue weighted by Gasteiger charge is 2.38. The third-order valence-corrected chi connectivity index (χ3v) is 10.7. The topological polar surface area (TPSA) is 99.5 Å². The van der Waals surface area contributed by atoms with Crippen LogP contribution in [0.25, 0.3) is 10.1 Å². The number of nitrogens with one attached hydrogen (secondary N) is 3. The van der Waals surface area contributed by atoms with Gasteiger partial charge in [0.05, 0.1) is 12.2 Å². The first-order chi connectivity index (χ1) is 21.6.